The number of aliphatic carboxylic acids is 1. The summed E-state index contributed by atoms with van der Waals surface area (Å²) in [7, 11) is -3.92. The summed E-state index contributed by atoms with van der Waals surface area (Å²) in [5.74, 6) is -2.48. The van der Waals surface area contributed by atoms with E-state index in [1.54, 1.807) is 30.3 Å². The Morgan fingerprint density at radius 3 is 2.26 bits per heavy atom. The van der Waals surface area contributed by atoms with E-state index in [1.807, 2.05) is 0 Å². The average Bonchev–Trinajstić information content (AvgIpc) is 2.55. The number of aromatic nitrogens is 1. The van der Waals surface area contributed by atoms with E-state index in [1.165, 1.54) is 12.3 Å². The van der Waals surface area contributed by atoms with Crippen molar-refractivity contribution in [2.75, 3.05) is 6.26 Å². The fraction of sp³-hybridized carbons (Fsp3) is 0.294. The maximum atomic E-state index is 14.4. The van der Waals surface area contributed by atoms with Crippen molar-refractivity contribution in [3.8, 4) is 11.1 Å². The van der Waals surface area contributed by atoms with Crippen LogP contribution in [0, 0.1) is 5.82 Å². The molecule has 7 nitrogen and oxygen atoms in total. The van der Waals surface area contributed by atoms with Gasteiger partial charge in [-0.2, -0.15) is 0 Å². The molecule has 2 N–H and O–H groups in total. The molecular formula is C17H19FKNO6S. The summed E-state index contributed by atoms with van der Waals surface area (Å²) >= 11 is 0. The molecule has 0 aliphatic rings. The quantitative estimate of drug-likeness (QED) is 0.580. The van der Waals surface area contributed by atoms with Crippen LogP contribution < -0.4 is 56.9 Å². The van der Waals surface area contributed by atoms with Crippen molar-refractivity contribution >= 4 is 15.8 Å². The molecular weight excluding hydrogens is 404 g/mol. The number of aryl methyl sites for hydroxylation is 1. The van der Waals surface area contributed by atoms with Crippen LogP contribution in [-0.4, -0.2) is 40.5 Å². The van der Waals surface area contributed by atoms with E-state index in [4.69, 9.17) is 0 Å². The first-order chi connectivity index (χ1) is 11.6. The first kappa shape index (κ1) is 26.1. The summed E-state index contributed by atoms with van der Waals surface area (Å²) in [6, 6.07) is 9.92. The number of benzene rings is 1. The smallest absolute Gasteiger partial charge is 0.870 e. The van der Waals surface area contributed by atoms with E-state index in [9.17, 15) is 27.5 Å². The molecule has 27 heavy (non-hydrogen) atoms. The third-order valence-corrected chi connectivity index (χ3v) is 6.31. The van der Waals surface area contributed by atoms with Gasteiger partial charge in [-0.25, -0.2) is 12.8 Å². The summed E-state index contributed by atoms with van der Waals surface area (Å²) < 4.78 is 36.8. The van der Waals surface area contributed by atoms with E-state index >= 15 is 0 Å². The zero-order chi connectivity index (χ0) is 18.8. The van der Waals surface area contributed by atoms with Crippen LogP contribution in [0.15, 0.2) is 47.4 Å². The van der Waals surface area contributed by atoms with Crippen LogP contribution in [0.4, 0.5) is 4.39 Å². The van der Waals surface area contributed by atoms with Crippen molar-refractivity contribution in [1.82, 2.24) is 4.57 Å². The zero-order valence-corrected chi connectivity index (χ0v) is 19.2. The number of nitrogens with zero attached hydrogens (tertiary/aromatic N) is 1. The van der Waals surface area contributed by atoms with Crippen LogP contribution in [0.3, 0.4) is 0 Å². The second-order valence-corrected chi connectivity index (χ2v) is 8.41. The molecule has 0 saturated carbocycles. The number of rotatable bonds is 6. The van der Waals surface area contributed by atoms with E-state index in [2.05, 4.69) is 0 Å². The molecule has 0 aliphatic carbocycles. The normalized spacial score (nSPS) is 13.0. The van der Waals surface area contributed by atoms with Gasteiger partial charge in [0.2, 0.25) is 0 Å². The van der Waals surface area contributed by atoms with Crippen LogP contribution in [0.25, 0.3) is 11.1 Å². The van der Waals surface area contributed by atoms with Crippen LogP contribution in [-0.2, 0) is 21.2 Å². The van der Waals surface area contributed by atoms with Gasteiger partial charge >= 0.3 is 57.4 Å². The number of sulfone groups is 1. The maximum Gasteiger partial charge on any atom is 1.00 e. The van der Waals surface area contributed by atoms with Crippen molar-refractivity contribution in [3.05, 3.63) is 58.8 Å². The molecule has 0 radical (unpaired) electrons. The first-order valence-corrected chi connectivity index (χ1v) is 9.34. The Bertz CT molecular complexity index is 961. The van der Waals surface area contributed by atoms with E-state index in [-0.39, 0.29) is 75.4 Å². The van der Waals surface area contributed by atoms with Crippen molar-refractivity contribution in [1.29, 1.82) is 0 Å². The predicted molar refractivity (Wildman–Crippen MR) is 93.5 cm³/mol. The van der Waals surface area contributed by atoms with Gasteiger partial charge in [0.05, 0.1) is 0 Å². The van der Waals surface area contributed by atoms with E-state index in [0.29, 0.717) is 5.56 Å². The standard InChI is InChI=1S/C17H18FNO5S.K.H2O/c1-17(16(21)22,25(2,23)24)9-11-19-10-8-13(14(18)15(19)20)12-6-4-3-5-7-12;;/h3-8,10H,9,11H2,1-2H3,(H,21,22);;1H2/q;+1;/p-1/t17-;;/m1../s1. The van der Waals surface area contributed by atoms with E-state index < -0.39 is 31.9 Å². The molecule has 0 fully saturated rings. The third kappa shape index (κ3) is 5.56. The van der Waals surface area contributed by atoms with Gasteiger partial charge < -0.3 is 15.1 Å². The molecule has 0 saturated heterocycles. The number of pyridine rings is 1. The molecule has 2 rings (SSSR count). The minimum Gasteiger partial charge on any atom is -0.870 e. The molecule has 0 amide bonds. The molecule has 0 spiro atoms. The van der Waals surface area contributed by atoms with Crippen LogP contribution in [0.2, 0.25) is 0 Å². The van der Waals surface area contributed by atoms with Crippen molar-refractivity contribution in [2.45, 2.75) is 24.6 Å². The molecule has 0 unspecified atom stereocenters. The molecule has 1 aromatic heterocycles. The van der Waals surface area contributed by atoms with Gasteiger partial charge in [-0.3, -0.25) is 9.59 Å². The van der Waals surface area contributed by atoms with E-state index in [0.717, 1.165) is 17.7 Å². The monoisotopic (exact) mass is 423 g/mol. The molecule has 1 atom stereocenters. The summed E-state index contributed by atoms with van der Waals surface area (Å²) in [6.45, 7) is 0.838. The fourth-order valence-electron chi connectivity index (χ4n) is 2.35. The third-order valence-electron chi connectivity index (χ3n) is 4.29. The molecule has 10 heteroatoms. The van der Waals surface area contributed by atoms with Crippen LogP contribution in [0.5, 0.6) is 0 Å². The van der Waals surface area contributed by atoms with Crippen molar-refractivity contribution in [3.63, 3.8) is 0 Å². The van der Waals surface area contributed by atoms with Gasteiger partial charge in [-0.1, -0.05) is 30.3 Å². The number of carboxylic acids is 1. The Balaban J connectivity index is 0.00000338. The Hall–Kier alpha value is -0.884. The Kier molecular flexibility index (Phi) is 9.73. The van der Waals surface area contributed by atoms with Crippen molar-refractivity contribution < 1.29 is 79.6 Å². The minimum atomic E-state index is -3.92. The minimum absolute atomic E-state index is 0. The predicted octanol–water partition coefficient (Wildman–Crippen LogP) is -1.24. The fourth-order valence-corrected chi connectivity index (χ4v) is 3.13. The maximum absolute atomic E-state index is 14.4. The van der Waals surface area contributed by atoms with Crippen LogP contribution >= 0.6 is 0 Å². The second kappa shape index (κ2) is 10.1. The average molecular weight is 424 g/mol. The van der Waals surface area contributed by atoms with Gasteiger partial charge in [-0.15, -0.1) is 0 Å². The topological polar surface area (TPSA) is 123 Å². The molecule has 142 valence electrons. The Morgan fingerprint density at radius 2 is 1.78 bits per heavy atom. The Labute approximate surface area is 198 Å². The zero-order valence-electron chi connectivity index (χ0n) is 15.2. The molecule has 1 aromatic carbocycles. The number of halogens is 1. The number of carbonyl (C=O) groups is 1. The summed E-state index contributed by atoms with van der Waals surface area (Å²) in [5, 5.41) is 9.22. The van der Waals surface area contributed by atoms with Gasteiger partial charge in [-0.05, 0) is 25.0 Å². The molecule has 0 aliphatic heterocycles. The van der Waals surface area contributed by atoms with Gasteiger partial charge in [0, 0.05) is 24.6 Å². The largest absolute Gasteiger partial charge is 1.00 e. The SMILES string of the molecule is C[C@@](CCn1ccc(-c2ccccc2)c(F)c1=O)(C(=O)O)S(C)(=O)=O.[K+].[OH-]. The number of hydrogen-bond donors (Lipinski definition) is 1. The number of carboxylic acid groups (broad SMARTS) is 1. The van der Waals surface area contributed by atoms with Crippen LogP contribution in [0.1, 0.15) is 13.3 Å². The summed E-state index contributed by atoms with van der Waals surface area (Å²) in [4.78, 5) is 23.5. The summed E-state index contributed by atoms with van der Waals surface area (Å²) in [5.41, 5.74) is -0.260. The molecule has 2 aromatic rings. The summed E-state index contributed by atoms with van der Waals surface area (Å²) in [6.07, 6.45) is 1.80. The van der Waals surface area contributed by atoms with Gasteiger partial charge in [0.15, 0.2) is 20.4 Å². The van der Waals surface area contributed by atoms with Gasteiger partial charge in [0.25, 0.3) is 5.56 Å². The second-order valence-electron chi connectivity index (χ2n) is 5.97. The molecule has 1 heterocycles. The van der Waals surface area contributed by atoms with Gasteiger partial charge in [0.1, 0.15) is 0 Å². The molecule has 0 bridgehead atoms. The van der Waals surface area contributed by atoms with Crippen molar-refractivity contribution in [2.24, 2.45) is 0 Å². The first-order valence-electron chi connectivity index (χ1n) is 7.45. The Morgan fingerprint density at radius 1 is 1.22 bits per heavy atom. The number of hydrogen-bond acceptors (Lipinski definition) is 5.